The number of hydrogen-bond acceptors (Lipinski definition) is 6. The molecule has 2 rings (SSSR count). The van der Waals surface area contributed by atoms with Gasteiger partial charge in [0.2, 0.25) is 5.91 Å². The van der Waals surface area contributed by atoms with Gasteiger partial charge in [0.15, 0.2) is 0 Å². The molecular formula is C28H46N4O5. The van der Waals surface area contributed by atoms with Crippen LogP contribution in [0, 0.1) is 5.92 Å². The fourth-order valence-corrected chi connectivity index (χ4v) is 4.76. The number of nitrogens with zero attached hydrogens (tertiary/aromatic N) is 2. The van der Waals surface area contributed by atoms with Crippen molar-refractivity contribution in [2.45, 2.75) is 96.9 Å². The first-order valence-corrected chi connectivity index (χ1v) is 14.0. The van der Waals surface area contributed by atoms with Gasteiger partial charge in [-0.1, -0.05) is 32.8 Å². The van der Waals surface area contributed by atoms with Gasteiger partial charge in [-0.2, -0.15) is 0 Å². The number of pyridine rings is 1. The molecule has 2 heterocycles. The third-order valence-corrected chi connectivity index (χ3v) is 7.22. The van der Waals surface area contributed by atoms with Gasteiger partial charge in [-0.15, -0.1) is 0 Å². The van der Waals surface area contributed by atoms with Crippen LogP contribution in [0.3, 0.4) is 0 Å². The fourth-order valence-electron chi connectivity index (χ4n) is 4.76. The van der Waals surface area contributed by atoms with E-state index in [-0.39, 0.29) is 18.2 Å². The molecule has 0 radical (unpaired) electrons. The Balaban J connectivity index is 1.85. The van der Waals surface area contributed by atoms with Gasteiger partial charge in [0.05, 0.1) is 0 Å². The van der Waals surface area contributed by atoms with Crippen molar-refractivity contribution < 1.29 is 24.6 Å². The maximum Gasteiger partial charge on any atom is 0.326 e. The quantitative estimate of drug-likeness (QED) is 0.201. The predicted octanol–water partition coefficient (Wildman–Crippen LogP) is 4.11. The molecule has 1 amide bonds. The number of hydrogen-bond donors (Lipinski definition) is 4. The average molecular weight is 519 g/mol. The summed E-state index contributed by atoms with van der Waals surface area (Å²) in [6, 6.07) is 3.36. The van der Waals surface area contributed by atoms with E-state index in [1.807, 2.05) is 13.8 Å². The number of carbonyl (C=O) groups excluding carboxylic acids is 1. The molecule has 1 aromatic rings. The summed E-state index contributed by atoms with van der Waals surface area (Å²) in [5.41, 5.74) is 2.36. The van der Waals surface area contributed by atoms with Crippen LogP contribution in [0.4, 0.5) is 5.82 Å². The molecule has 0 spiro atoms. The van der Waals surface area contributed by atoms with Crippen LogP contribution in [0.15, 0.2) is 12.1 Å². The molecule has 1 unspecified atom stereocenters. The second kappa shape index (κ2) is 16.9. The number of aromatic nitrogens is 1. The molecule has 0 bridgehead atoms. The Morgan fingerprint density at radius 2 is 1.78 bits per heavy atom. The first-order chi connectivity index (χ1) is 17.8. The normalized spacial score (nSPS) is 13.7. The number of nitrogens with one attached hydrogen (secondary N) is 2. The topological polar surface area (TPSA) is 132 Å². The van der Waals surface area contributed by atoms with E-state index in [9.17, 15) is 19.5 Å². The third-order valence-electron chi connectivity index (χ3n) is 7.22. The summed E-state index contributed by atoms with van der Waals surface area (Å²) in [5, 5.41) is 24.7. The Kier molecular flexibility index (Phi) is 14.0. The van der Waals surface area contributed by atoms with Gasteiger partial charge in [0.1, 0.15) is 11.9 Å². The van der Waals surface area contributed by atoms with Gasteiger partial charge < -0.3 is 25.7 Å². The summed E-state index contributed by atoms with van der Waals surface area (Å²) in [7, 11) is 0. The lowest BCUT2D eigenvalue weighted by atomic mass is 9.99. The van der Waals surface area contributed by atoms with Gasteiger partial charge in [0.25, 0.3) is 0 Å². The highest BCUT2D eigenvalue weighted by Gasteiger charge is 2.22. The van der Waals surface area contributed by atoms with Crippen LogP contribution in [-0.4, -0.2) is 70.2 Å². The van der Waals surface area contributed by atoms with Crippen LogP contribution in [0.1, 0.15) is 89.3 Å². The van der Waals surface area contributed by atoms with Crippen molar-refractivity contribution in [1.29, 1.82) is 0 Å². The summed E-state index contributed by atoms with van der Waals surface area (Å²) < 4.78 is 0. The lowest BCUT2D eigenvalue weighted by Gasteiger charge is -2.25. The molecule has 0 aromatic carbocycles. The van der Waals surface area contributed by atoms with Crippen molar-refractivity contribution in [2.24, 2.45) is 5.92 Å². The molecule has 1 aromatic heterocycles. The van der Waals surface area contributed by atoms with Crippen molar-refractivity contribution in [3.05, 3.63) is 23.4 Å². The van der Waals surface area contributed by atoms with Crippen LogP contribution >= 0.6 is 0 Å². The number of anilines is 1. The maximum absolute atomic E-state index is 12.4. The molecule has 0 saturated carbocycles. The smallest absolute Gasteiger partial charge is 0.326 e. The number of carboxylic acid groups (broad SMARTS) is 2. The molecule has 208 valence electrons. The number of aliphatic carboxylic acids is 2. The van der Waals surface area contributed by atoms with Crippen LogP contribution in [0.5, 0.6) is 0 Å². The number of aryl methyl sites for hydroxylation is 2. The Labute approximate surface area is 221 Å². The minimum absolute atomic E-state index is 0.135. The summed E-state index contributed by atoms with van der Waals surface area (Å²) in [4.78, 5) is 42.0. The minimum atomic E-state index is -1.02. The van der Waals surface area contributed by atoms with E-state index < -0.39 is 18.0 Å². The van der Waals surface area contributed by atoms with E-state index in [2.05, 4.69) is 27.7 Å². The Morgan fingerprint density at radius 1 is 1.05 bits per heavy atom. The van der Waals surface area contributed by atoms with E-state index >= 15 is 0 Å². The van der Waals surface area contributed by atoms with Crippen molar-refractivity contribution in [1.82, 2.24) is 15.2 Å². The van der Waals surface area contributed by atoms with Crippen molar-refractivity contribution >= 4 is 23.7 Å². The number of carbonyl (C=O) groups is 3. The molecule has 4 N–H and O–H groups in total. The van der Waals surface area contributed by atoms with Gasteiger partial charge in [-0.25, -0.2) is 9.78 Å². The van der Waals surface area contributed by atoms with Crippen LogP contribution in [-0.2, 0) is 27.2 Å². The van der Waals surface area contributed by atoms with E-state index in [1.165, 1.54) is 5.56 Å². The van der Waals surface area contributed by atoms with E-state index in [4.69, 9.17) is 10.1 Å². The first-order valence-electron chi connectivity index (χ1n) is 14.0. The van der Waals surface area contributed by atoms with E-state index in [0.717, 1.165) is 76.0 Å². The number of amides is 1. The molecule has 9 nitrogen and oxygen atoms in total. The molecular weight excluding hydrogens is 472 g/mol. The second-order valence-electron chi connectivity index (χ2n) is 10.1. The van der Waals surface area contributed by atoms with Gasteiger partial charge >= 0.3 is 11.9 Å². The average Bonchev–Trinajstić information content (AvgIpc) is 2.88. The summed E-state index contributed by atoms with van der Waals surface area (Å²) >= 11 is 0. The zero-order valence-corrected chi connectivity index (χ0v) is 22.6. The van der Waals surface area contributed by atoms with Crippen LogP contribution < -0.4 is 10.6 Å². The van der Waals surface area contributed by atoms with Crippen LogP contribution in [0.25, 0.3) is 0 Å². The Hall–Kier alpha value is -2.68. The van der Waals surface area contributed by atoms with E-state index in [0.29, 0.717) is 32.4 Å². The highest BCUT2D eigenvalue weighted by Crippen LogP contribution is 2.20. The first kappa shape index (κ1) is 30.5. The van der Waals surface area contributed by atoms with Crippen molar-refractivity contribution in [2.75, 3.05) is 31.5 Å². The molecule has 1 aliphatic rings. The number of rotatable bonds is 19. The highest BCUT2D eigenvalue weighted by molar-refractivity contribution is 5.83. The number of unbranched alkanes of at least 4 members (excludes halogenated alkanes) is 2. The molecule has 1 aliphatic heterocycles. The molecule has 0 aliphatic carbocycles. The van der Waals surface area contributed by atoms with Crippen molar-refractivity contribution in [3.63, 3.8) is 0 Å². The standard InChI is InChI=1S/C28H46N4O5/c1-3-21(4-2)20-25(33)31-24(28(36)37)15-19-32(18-8-6-12-26(34)35)17-7-5-11-23-14-13-22-10-9-16-29-27(22)30-23/h13-14,21,24H,3-12,15-20H2,1-2H3,(H,29,30)(H,31,33)(H,34,35)(H,36,37). The SMILES string of the molecule is CCC(CC)CC(=O)NC(CCN(CCCCC(=O)O)CCCCc1ccc2c(n1)NCCC2)C(=O)O. The van der Waals surface area contributed by atoms with Gasteiger partial charge in [-0.05, 0) is 82.0 Å². The van der Waals surface area contributed by atoms with Gasteiger partial charge in [-0.3, -0.25) is 9.59 Å². The molecule has 9 heteroatoms. The molecule has 0 saturated heterocycles. The zero-order valence-electron chi connectivity index (χ0n) is 22.6. The monoisotopic (exact) mass is 518 g/mol. The second-order valence-corrected chi connectivity index (χ2v) is 10.1. The lowest BCUT2D eigenvalue weighted by Crippen LogP contribution is -2.43. The fraction of sp³-hybridized carbons (Fsp3) is 0.714. The number of fused-ring (bicyclic) bond motifs is 1. The summed E-state index contributed by atoms with van der Waals surface area (Å²) in [5.74, 6) is -0.753. The van der Waals surface area contributed by atoms with E-state index in [1.54, 1.807) is 0 Å². The molecule has 1 atom stereocenters. The zero-order chi connectivity index (χ0) is 27.0. The third kappa shape index (κ3) is 11.9. The highest BCUT2D eigenvalue weighted by atomic mass is 16.4. The molecule has 0 fully saturated rings. The molecule has 37 heavy (non-hydrogen) atoms. The summed E-state index contributed by atoms with van der Waals surface area (Å²) in [6.45, 7) is 7.09. The van der Waals surface area contributed by atoms with Crippen molar-refractivity contribution in [3.8, 4) is 0 Å². The Bertz CT molecular complexity index is 859. The number of carboxylic acids is 2. The lowest BCUT2D eigenvalue weighted by molar-refractivity contribution is -0.142. The van der Waals surface area contributed by atoms with Gasteiger partial charge in [0, 0.05) is 31.6 Å². The van der Waals surface area contributed by atoms with Crippen LogP contribution in [0.2, 0.25) is 0 Å². The minimum Gasteiger partial charge on any atom is -0.481 e. The maximum atomic E-state index is 12.4. The largest absolute Gasteiger partial charge is 0.481 e. The Morgan fingerprint density at radius 3 is 2.46 bits per heavy atom. The predicted molar refractivity (Wildman–Crippen MR) is 145 cm³/mol. The summed E-state index contributed by atoms with van der Waals surface area (Å²) in [6.07, 6.45) is 8.91.